The zero-order valence-corrected chi connectivity index (χ0v) is 16.4. The number of hydrogen-bond donors (Lipinski definition) is 1. The molecule has 0 atom stereocenters. The molecule has 0 aliphatic carbocycles. The number of nitrogens with zero attached hydrogens (tertiary/aromatic N) is 2. The monoisotopic (exact) mass is 397 g/mol. The Morgan fingerprint density at radius 3 is 2.32 bits per heavy atom. The van der Waals surface area contributed by atoms with Crippen LogP contribution in [0.1, 0.15) is 12.0 Å². The van der Waals surface area contributed by atoms with E-state index in [1.165, 1.54) is 5.56 Å². The third-order valence-corrected chi connectivity index (χ3v) is 4.89. The summed E-state index contributed by atoms with van der Waals surface area (Å²) >= 11 is 5.83. The number of benzene rings is 2. The van der Waals surface area contributed by atoms with Crippen molar-refractivity contribution in [1.82, 2.24) is 9.80 Å². The first-order valence-electron chi connectivity index (χ1n) is 9.37. The van der Waals surface area contributed by atoms with E-state index >= 15 is 0 Å². The maximum absolute atomic E-state index is 12.4. The van der Waals surface area contributed by atoms with E-state index < -0.39 is 0 Å². The van der Waals surface area contributed by atoms with Gasteiger partial charge in [0.1, 0.15) is 6.42 Å². The van der Waals surface area contributed by atoms with E-state index in [4.69, 9.17) is 11.6 Å². The summed E-state index contributed by atoms with van der Waals surface area (Å²) in [6.45, 7) is 3.76. The Balaban J connectivity index is 1.39. The van der Waals surface area contributed by atoms with E-state index in [9.17, 15) is 9.59 Å². The fourth-order valence-electron chi connectivity index (χ4n) is 3.07. The predicted octanol–water partition coefficient (Wildman–Crippen LogP) is 3.53. The van der Waals surface area contributed by atoms with E-state index in [0.717, 1.165) is 19.6 Å². The Bertz CT molecular complexity index is 813. The van der Waals surface area contributed by atoms with Crippen LogP contribution >= 0.6 is 11.6 Å². The Kier molecular flexibility index (Phi) is 7.23. The molecule has 0 spiro atoms. The second-order valence-electron chi connectivity index (χ2n) is 6.73. The molecule has 6 heteroatoms. The van der Waals surface area contributed by atoms with Gasteiger partial charge >= 0.3 is 0 Å². The molecule has 0 radical (unpaired) electrons. The highest BCUT2D eigenvalue weighted by Gasteiger charge is 2.22. The first-order valence-corrected chi connectivity index (χ1v) is 9.75. The zero-order valence-electron chi connectivity index (χ0n) is 15.7. The van der Waals surface area contributed by atoms with Gasteiger partial charge < -0.3 is 10.2 Å². The normalized spacial score (nSPS) is 15.0. The molecule has 5 nitrogen and oxygen atoms in total. The summed E-state index contributed by atoms with van der Waals surface area (Å²) in [4.78, 5) is 28.5. The zero-order chi connectivity index (χ0) is 19.8. The lowest BCUT2D eigenvalue weighted by atomic mass is 10.2. The molecule has 0 bridgehead atoms. The van der Waals surface area contributed by atoms with Crippen molar-refractivity contribution in [2.24, 2.45) is 0 Å². The van der Waals surface area contributed by atoms with Crippen molar-refractivity contribution in [3.05, 3.63) is 71.3 Å². The van der Waals surface area contributed by atoms with E-state index in [1.807, 2.05) is 18.2 Å². The molecule has 1 saturated heterocycles. The fraction of sp³-hybridized carbons (Fsp3) is 0.273. The molecule has 0 aromatic heterocycles. The van der Waals surface area contributed by atoms with Crippen LogP contribution < -0.4 is 5.32 Å². The molecule has 0 unspecified atom stereocenters. The van der Waals surface area contributed by atoms with Gasteiger partial charge in [-0.3, -0.25) is 14.5 Å². The summed E-state index contributed by atoms with van der Waals surface area (Å²) in [5, 5.41) is 3.33. The SMILES string of the molecule is O=C(CC(=O)N1CCN(C/C=C/c2ccccc2)CC1)Nc1ccc(Cl)cc1. The molecule has 146 valence electrons. The standard InChI is InChI=1S/C22H24ClN3O2/c23-19-8-10-20(11-9-19)24-21(27)17-22(28)26-15-13-25(14-16-26)12-4-7-18-5-2-1-3-6-18/h1-11H,12-17H2,(H,24,27)/b7-4+. The predicted molar refractivity (Wildman–Crippen MR) is 113 cm³/mol. The molecule has 2 aromatic carbocycles. The number of halogens is 1. The van der Waals surface area contributed by atoms with Crippen molar-refractivity contribution in [3.63, 3.8) is 0 Å². The maximum atomic E-state index is 12.4. The maximum Gasteiger partial charge on any atom is 0.233 e. The van der Waals surface area contributed by atoms with Gasteiger partial charge in [-0.05, 0) is 29.8 Å². The van der Waals surface area contributed by atoms with Crippen LogP contribution in [0, 0.1) is 0 Å². The van der Waals surface area contributed by atoms with Crippen molar-refractivity contribution in [2.75, 3.05) is 38.0 Å². The molecule has 1 aliphatic heterocycles. The molecule has 2 amide bonds. The van der Waals surface area contributed by atoms with Crippen molar-refractivity contribution in [2.45, 2.75) is 6.42 Å². The van der Waals surface area contributed by atoms with Crippen molar-refractivity contribution < 1.29 is 9.59 Å². The van der Waals surface area contributed by atoms with Gasteiger partial charge in [0, 0.05) is 43.4 Å². The quantitative estimate of drug-likeness (QED) is 0.759. The summed E-state index contributed by atoms with van der Waals surface area (Å²) in [5.74, 6) is -0.438. The van der Waals surface area contributed by atoms with Gasteiger partial charge in [0.2, 0.25) is 11.8 Å². The largest absolute Gasteiger partial charge is 0.340 e. The summed E-state index contributed by atoms with van der Waals surface area (Å²) in [5.41, 5.74) is 1.82. The van der Waals surface area contributed by atoms with E-state index in [1.54, 1.807) is 29.2 Å². The molecule has 28 heavy (non-hydrogen) atoms. The van der Waals surface area contributed by atoms with Gasteiger partial charge in [-0.15, -0.1) is 0 Å². The van der Waals surface area contributed by atoms with Crippen molar-refractivity contribution in [1.29, 1.82) is 0 Å². The molecule has 2 aromatic rings. The summed E-state index contributed by atoms with van der Waals surface area (Å²) < 4.78 is 0. The third kappa shape index (κ3) is 6.22. The minimum atomic E-state index is -0.305. The topological polar surface area (TPSA) is 52.7 Å². The highest BCUT2D eigenvalue weighted by Crippen LogP contribution is 2.14. The van der Waals surface area contributed by atoms with Gasteiger partial charge in [0.15, 0.2) is 0 Å². The second-order valence-corrected chi connectivity index (χ2v) is 7.16. The van der Waals surface area contributed by atoms with Crippen LogP contribution in [0.25, 0.3) is 6.08 Å². The Morgan fingerprint density at radius 2 is 1.64 bits per heavy atom. The molecule has 3 rings (SSSR count). The second kappa shape index (κ2) is 10.1. The highest BCUT2D eigenvalue weighted by atomic mass is 35.5. The number of carbonyl (C=O) groups excluding carboxylic acids is 2. The highest BCUT2D eigenvalue weighted by molar-refractivity contribution is 6.30. The summed E-state index contributed by atoms with van der Waals surface area (Å²) in [6.07, 6.45) is 4.11. The smallest absolute Gasteiger partial charge is 0.233 e. The lowest BCUT2D eigenvalue weighted by Gasteiger charge is -2.34. The Morgan fingerprint density at radius 1 is 0.964 bits per heavy atom. The first kappa shape index (κ1) is 20.1. The molecular formula is C22H24ClN3O2. The van der Waals surface area contributed by atoms with Crippen LogP contribution in [0.4, 0.5) is 5.69 Å². The molecule has 1 fully saturated rings. The number of anilines is 1. The summed E-state index contributed by atoms with van der Waals surface area (Å²) in [7, 11) is 0. The average molecular weight is 398 g/mol. The van der Waals surface area contributed by atoms with Crippen LogP contribution in [0.15, 0.2) is 60.7 Å². The fourth-order valence-corrected chi connectivity index (χ4v) is 3.20. The third-order valence-electron chi connectivity index (χ3n) is 4.64. The molecular weight excluding hydrogens is 374 g/mol. The van der Waals surface area contributed by atoms with E-state index in [-0.39, 0.29) is 18.2 Å². The molecule has 1 aliphatic rings. The lowest BCUT2D eigenvalue weighted by molar-refractivity contribution is -0.136. The Labute approximate surface area is 170 Å². The minimum Gasteiger partial charge on any atom is -0.340 e. The molecule has 1 N–H and O–H groups in total. The number of rotatable bonds is 6. The van der Waals surface area contributed by atoms with Crippen LogP contribution in [-0.2, 0) is 9.59 Å². The molecule has 0 saturated carbocycles. The molecule has 1 heterocycles. The average Bonchev–Trinajstić information content (AvgIpc) is 2.71. The van der Waals surface area contributed by atoms with Crippen molar-refractivity contribution in [3.8, 4) is 0 Å². The van der Waals surface area contributed by atoms with E-state index in [2.05, 4.69) is 34.5 Å². The van der Waals surface area contributed by atoms with Crippen LogP contribution in [0.5, 0.6) is 0 Å². The Hall–Kier alpha value is -2.63. The van der Waals surface area contributed by atoms with Crippen LogP contribution in [0.2, 0.25) is 5.02 Å². The van der Waals surface area contributed by atoms with Gasteiger partial charge in [-0.1, -0.05) is 54.1 Å². The van der Waals surface area contributed by atoms with Gasteiger partial charge in [0.05, 0.1) is 0 Å². The van der Waals surface area contributed by atoms with E-state index in [0.29, 0.717) is 23.8 Å². The number of amides is 2. The number of hydrogen-bond acceptors (Lipinski definition) is 3. The lowest BCUT2D eigenvalue weighted by Crippen LogP contribution is -2.49. The minimum absolute atomic E-state index is 0.133. The van der Waals surface area contributed by atoms with Gasteiger partial charge in [-0.2, -0.15) is 0 Å². The van der Waals surface area contributed by atoms with Gasteiger partial charge in [-0.25, -0.2) is 0 Å². The van der Waals surface area contributed by atoms with Gasteiger partial charge in [0.25, 0.3) is 0 Å². The van der Waals surface area contributed by atoms with Crippen LogP contribution in [0.3, 0.4) is 0 Å². The van der Waals surface area contributed by atoms with Crippen molar-refractivity contribution >= 4 is 35.2 Å². The number of nitrogens with one attached hydrogen (secondary N) is 1. The summed E-state index contributed by atoms with van der Waals surface area (Å²) in [6, 6.07) is 17.0. The van der Waals surface area contributed by atoms with Crippen LogP contribution in [-0.4, -0.2) is 54.3 Å². The number of carbonyl (C=O) groups is 2. The number of piperazine rings is 1. The first-order chi connectivity index (χ1) is 13.6.